The molecule has 0 aromatic rings. The third kappa shape index (κ3) is 1.59. The smallest absolute Gasteiger partial charge is 0.242 e. The van der Waals surface area contributed by atoms with Gasteiger partial charge in [0.05, 0.1) is 0 Å². The van der Waals surface area contributed by atoms with E-state index in [1.165, 1.54) is 0 Å². The van der Waals surface area contributed by atoms with Crippen molar-refractivity contribution in [1.29, 1.82) is 0 Å². The average molecular weight is 217 g/mol. The zero-order chi connectivity index (χ0) is 11.2. The Hall–Kier alpha value is -0.180. The second kappa shape index (κ2) is 3.69. The van der Waals surface area contributed by atoms with Crippen molar-refractivity contribution in [3.05, 3.63) is 0 Å². The van der Waals surface area contributed by atoms with E-state index in [-0.39, 0.29) is 17.9 Å². The van der Waals surface area contributed by atoms with E-state index in [1.807, 2.05) is 0 Å². The fraction of sp³-hybridized carbons (Fsp3) is 1.00. The molecule has 3 saturated carbocycles. The van der Waals surface area contributed by atoms with E-state index in [0.29, 0.717) is 5.92 Å². The summed E-state index contributed by atoms with van der Waals surface area (Å²) in [6.45, 7) is 4.60. The first-order valence-corrected chi connectivity index (χ1v) is 5.96. The highest BCUT2D eigenvalue weighted by molar-refractivity contribution is 5.04. The molecule has 0 radical (unpaired) electrons. The molecule has 4 unspecified atom stereocenters. The van der Waals surface area contributed by atoms with Gasteiger partial charge in [-0.3, -0.25) is 0 Å². The van der Waals surface area contributed by atoms with Gasteiger partial charge in [0.25, 0.3) is 0 Å². The van der Waals surface area contributed by atoms with Crippen molar-refractivity contribution in [3.8, 4) is 0 Å². The molecule has 0 heterocycles. The lowest BCUT2D eigenvalue weighted by Crippen LogP contribution is -2.55. The standard InChI is InChI=1S/C12H21F2N/c1-12(2)7-3-4-8(10(12)5-7)9(6-15)11(13)14/h7-11H,3-6,15H2,1-2H3. The molecule has 3 aliphatic rings. The van der Waals surface area contributed by atoms with Crippen LogP contribution in [0.2, 0.25) is 0 Å². The predicted molar refractivity (Wildman–Crippen MR) is 56.7 cm³/mol. The van der Waals surface area contributed by atoms with E-state index in [9.17, 15) is 8.78 Å². The monoisotopic (exact) mass is 217 g/mol. The van der Waals surface area contributed by atoms with Crippen LogP contribution in [0, 0.1) is 29.1 Å². The maximum atomic E-state index is 12.8. The van der Waals surface area contributed by atoms with Crippen molar-refractivity contribution in [2.45, 2.75) is 39.5 Å². The van der Waals surface area contributed by atoms with Crippen molar-refractivity contribution in [2.75, 3.05) is 6.54 Å². The minimum Gasteiger partial charge on any atom is -0.330 e. The number of fused-ring (bicyclic) bond motifs is 2. The molecule has 3 rings (SSSR count). The summed E-state index contributed by atoms with van der Waals surface area (Å²) in [5.41, 5.74) is 5.78. The van der Waals surface area contributed by atoms with Crippen LogP contribution in [0.15, 0.2) is 0 Å². The number of halogens is 2. The van der Waals surface area contributed by atoms with Gasteiger partial charge in [-0.15, -0.1) is 0 Å². The fourth-order valence-electron chi connectivity index (χ4n) is 3.84. The zero-order valence-electron chi connectivity index (χ0n) is 9.55. The lowest BCUT2D eigenvalue weighted by Gasteiger charge is -2.61. The predicted octanol–water partition coefficient (Wildman–Crippen LogP) is 2.90. The first kappa shape index (κ1) is 11.3. The molecule has 0 amide bonds. The van der Waals surface area contributed by atoms with Crippen LogP contribution in [0.25, 0.3) is 0 Å². The van der Waals surface area contributed by atoms with Crippen LogP contribution in [-0.4, -0.2) is 13.0 Å². The summed E-state index contributed by atoms with van der Waals surface area (Å²) >= 11 is 0. The zero-order valence-corrected chi connectivity index (χ0v) is 9.55. The van der Waals surface area contributed by atoms with Crippen LogP contribution in [0.5, 0.6) is 0 Å². The van der Waals surface area contributed by atoms with Gasteiger partial charge in [-0.2, -0.15) is 0 Å². The quantitative estimate of drug-likeness (QED) is 0.773. The Bertz CT molecular complexity index is 236. The minimum atomic E-state index is -2.24. The third-order valence-corrected chi connectivity index (χ3v) is 5.06. The van der Waals surface area contributed by atoms with Crippen molar-refractivity contribution < 1.29 is 8.78 Å². The van der Waals surface area contributed by atoms with Crippen molar-refractivity contribution >= 4 is 0 Å². The molecule has 0 aromatic carbocycles. The molecule has 0 aromatic heterocycles. The lowest BCUT2D eigenvalue weighted by atomic mass is 9.44. The number of hydrogen-bond donors (Lipinski definition) is 1. The van der Waals surface area contributed by atoms with E-state index in [1.54, 1.807) is 0 Å². The molecule has 88 valence electrons. The van der Waals surface area contributed by atoms with E-state index >= 15 is 0 Å². The van der Waals surface area contributed by atoms with Crippen LogP contribution >= 0.6 is 0 Å². The number of rotatable bonds is 3. The van der Waals surface area contributed by atoms with E-state index in [4.69, 9.17) is 5.73 Å². The molecular formula is C12H21F2N. The third-order valence-electron chi connectivity index (χ3n) is 5.06. The van der Waals surface area contributed by atoms with Crippen LogP contribution in [0.3, 0.4) is 0 Å². The van der Waals surface area contributed by atoms with Crippen LogP contribution in [0.4, 0.5) is 8.78 Å². The summed E-state index contributed by atoms with van der Waals surface area (Å²) < 4.78 is 25.7. The number of alkyl halides is 2. The van der Waals surface area contributed by atoms with Crippen molar-refractivity contribution in [2.24, 2.45) is 34.8 Å². The molecule has 4 atom stereocenters. The summed E-state index contributed by atoms with van der Waals surface area (Å²) in [6.07, 6.45) is 0.997. The van der Waals surface area contributed by atoms with E-state index in [0.717, 1.165) is 25.2 Å². The summed E-state index contributed by atoms with van der Waals surface area (Å²) in [7, 11) is 0. The molecule has 2 bridgehead atoms. The normalized spacial score (nSPS) is 40.0. The average Bonchev–Trinajstić information content (AvgIpc) is 2.18. The van der Waals surface area contributed by atoms with Gasteiger partial charge in [-0.1, -0.05) is 13.8 Å². The van der Waals surface area contributed by atoms with Crippen molar-refractivity contribution in [1.82, 2.24) is 0 Å². The molecule has 3 fully saturated rings. The number of hydrogen-bond acceptors (Lipinski definition) is 1. The molecule has 2 N–H and O–H groups in total. The molecule has 3 aliphatic carbocycles. The highest BCUT2D eigenvalue weighted by atomic mass is 19.3. The maximum Gasteiger partial charge on any atom is 0.242 e. The molecule has 15 heavy (non-hydrogen) atoms. The Balaban J connectivity index is 2.09. The molecule has 0 aliphatic heterocycles. The molecular weight excluding hydrogens is 196 g/mol. The molecule has 1 nitrogen and oxygen atoms in total. The SMILES string of the molecule is CC1(C)C2CCC(C(CN)C(F)F)C1C2. The highest BCUT2D eigenvalue weighted by Crippen LogP contribution is 2.63. The maximum absolute atomic E-state index is 12.8. The Kier molecular flexibility index (Phi) is 2.78. The fourth-order valence-corrected chi connectivity index (χ4v) is 3.84. The molecule has 0 saturated heterocycles. The van der Waals surface area contributed by atoms with Gasteiger partial charge in [0.15, 0.2) is 0 Å². The van der Waals surface area contributed by atoms with E-state index in [2.05, 4.69) is 13.8 Å². The van der Waals surface area contributed by atoms with Gasteiger partial charge < -0.3 is 5.73 Å². The summed E-state index contributed by atoms with van der Waals surface area (Å²) in [5, 5.41) is 0. The molecule has 3 heteroatoms. The summed E-state index contributed by atoms with van der Waals surface area (Å²) in [5.74, 6) is 0.846. The van der Waals surface area contributed by atoms with Gasteiger partial charge in [-0.25, -0.2) is 8.78 Å². The largest absolute Gasteiger partial charge is 0.330 e. The Labute approximate surface area is 90.4 Å². The van der Waals surface area contributed by atoms with Crippen LogP contribution in [0.1, 0.15) is 33.1 Å². The molecule has 0 spiro atoms. The minimum absolute atomic E-state index is 0.138. The second-order valence-corrected chi connectivity index (χ2v) is 5.84. The highest BCUT2D eigenvalue weighted by Gasteiger charge is 2.56. The Morgan fingerprint density at radius 1 is 1.33 bits per heavy atom. The Morgan fingerprint density at radius 2 is 2.00 bits per heavy atom. The van der Waals surface area contributed by atoms with Gasteiger partial charge in [0, 0.05) is 12.5 Å². The topological polar surface area (TPSA) is 26.0 Å². The lowest BCUT2D eigenvalue weighted by molar-refractivity contribution is -0.137. The van der Waals surface area contributed by atoms with Gasteiger partial charge >= 0.3 is 0 Å². The van der Waals surface area contributed by atoms with Crippen LogP contribution < -0.4 is 5.73 Å². The van der Waals surface area contributed by atoms with Gasteiger partial charge in [-0.05, 0) is 42.4 Å². The first-order valence-electron chi connectivity index (χ1n) is 5.96. The summed E-state index contributed by atoms with van der Waals surface area (Å²) in [6, 6.07) is 0. The van der Waals surface area contributed by atoms with Crippen molar-refractivity contribution in [3.63, 3.8) is 0 Å². The number of nitrogens with two attached hydrogens (primary N) is 1. The first-order chi connectivity index (χ1) is 6.98. The van der Waals surface area contributed by atoms with Gasteiger partial charge in [0.1, 0.15) is 0 Å². The summed E-state index contributed by atoms with van der Waals surface area (Å²) in [4.78, 5) is 0. The van der Waals surface area contributed by atoms with Crippen LogP contribution in [-0.2, 0) is 0 Å². The van der Waals surface area contributed by atoms with E-state index < -0.39 is 12.3 Å². The van der Waals surface area contributed by atoms with Gasteiger partial charge in [0.2, 0.25) is 6.43 Å². The Morgan fingerprint density at radius 3 is 2.40 bits per heavy atom. The second-order valence-electron chi connectivity index (χ2n) is 5.84.